The molecule has 0 unspecified atom stereocenters. The van der Waals surface area contributed by atoms with Crippen LogP contribution in [-0.4, -0.2) is 57.3 Å². The quantitative estimate of drug-likeness (QED) is 0.412. The number of sulfonamides is 1. The van der Waals surface area contributed by atoms with Crippen LogP contribution < -0.4 is 19.9 Å². The largest absolute Gasteiger partial charge is 0.480 e. The van der Waals surface area contributed by atoms with Gasteiger partial charge in [-0.15, -0.1) is 0 Å². The van der Waals surface area contributed by atoms with Gasteiger partial charge in [-0.05, 0) is 62.6 Å². The molecular formula is C27H28ClN3O6S. The molecule has 0 bridgehead atoms. The number of primary sulfonamides is 1. The maximum Gasteiger partial charge on any atom is 0.251 e. The number of fused-ring (bicyclic) bond motifs is 1. The number of likely N-dealkylation sites (tertiary alicyclic amines) is 1. The van der Waals surface area contributed by atoms with E-state index >= 15 is 0 Å². The number of nitrogens with one attached hydrogen (secondary N) is 1. The Labute approximate surface area is 227 Å². The van der Waals surface area contributed by atoms with E-state index in [1.807, 2.05) is 13.8 Å². The predicted molar refractivity (Wildman–Crippen MR) is 143 cm³/mol. The van der Waals surface area contributed by atoms with Gasteiger partial charge in [0.1, 0.15) is 28.6 Å². The first kappa shape index (κ1) is 27.7. The van der Waals surface area contributed by atoms with E-state index < -0.39 is 10.0 Å². The highest BCUT2D eigenvalue weighted by atomic mass is 35.5. The van der Waals surface area contributed by atoms with Gasteiger partial charge in [-0.2, -0.15) is 0 Å². The number of Topliss-reactive ketones (excluding diaryl/α,β-unsaturated/α-hetero) is 1. The smallest absolute Gasteiger partial charge is 0.251 e. The topological polar surface area (TPSA) is 128 Å². The van der Waals surface area contributed by atoms with Crippen LogP contribution >= 0.6 is 11.6 Å². The molecule has 2 aliphatic heterocycles. The summed E-state index contributed by atoms with van der Waals surface area (Å²) in [6.07, 6.45) is 1.45. The Hall–Kier alpha value is -3.36. The highest BCUT2D eigenvalue weighted by molar-refractivity contribution is 7.89. The minimum atomic E-state index is -4.03. The summed E-state index contributed by atoms with van der Waals surface area (Å²) in [7, 11) is -4.03. The molecule has 0 spiro atoms. The maximum atomic E-state index is 12.6. The number of rotatable bonds is 6. The zero-order chi connectivity index (χ0) is 27.4. The number of piperidine rings is 1. The molecule has 0 atom stereocenters. The summed E-state index contributed by atoms with van der Waals surface area (Å²) in [5.41, 5.74) is 1.41. The molecule has 3 N–H and O–H groups in total. The van der Waals surface area contributed by atoms with Crippen LogP contribution in [0.25, 0.3) is 0 Å². The van der Waals surface area contributed by atoms with Crippen LogP contribution in [0.15, 0.2) is 52.6 Å². The normalized spacial score (nSPS) is 15.8. The number of halogens is 1. The summed E-state index contributed by atoms with van der Waals surface area (Å²) in [4.78, 5) is 27.1. The van der Waals surface area contributed by atoms with E-state index in [0.29, 0.717) is 29.4 Å². The average Bonchev–Trinajstić information content (AvgIpc) is 3.22. The van der Waals surface area contributed by atoms with Crippen molar-refractivity contribution in [3.63, 3.8) is 0 Å². The Morgan fingerprint density at radius 1 is 1.21 bits per heavy atom. The minimum Gasteiger partial charge on any atom is -0.480 e. The maximum absolute atomic E-state index is 12.6. The highest BCUT2D eigenvalue weighted by Gasteiger charge is 2.31. The zero-order valence-corrected chi connectivity index (χ0v) is 22.6. The van der Waals surface area contributed by atoms with Crippen molar-refractivity contribution in [1.82, 2.24) is 10.2 Å². The summed E-state index contributed by atoms with van der Waals surface area (Å²) in [5.74, 6) is 6.80. The van der Waals surface area contributed by atoms with Crippen LogP contribution in [-0.2, 0) is 10.0 Å². The fourth-order valence-electron chi connectivity index (χ4n) is 4.24. The highest BCUT2D eigenvalue weighted by Crippen LogP contribution is 2.38. The van der Waals surface area contributed by atoms with Crippen molar-refractivity contribution in [1.29, 1.82) is 0 Å². The van der Waals surface area contributed by atoms with E-state index in [2.05, 4.69) is 22.1 Å². The van der Waals surface area contributed by atoms with Gasteiger partial charge in [0.05, 0.1) is 11.6 Å². The van der Waals surface area contributed by atoms with Crippen molar-refractivity contribution in [2.24, 2.45) is 5.14 Å². The molecule has 2 heterocycles. The van der Waals surface area contributed by atoms with E-state index in [1.54, 1.807) is 18.2 Å². The SMILES string of the molecule is CC(C)=C1Oc2cccc(OCC#CCN3CCC(NC(=O)c4ccc(Cl)c(S(N)(=O)=O)c4)CC3)c2C1=O. The van der Waals surface area contributed by atoms with Gasteiger partial charge in [0.2, 0.25) is 15.8 Å². The molecule has 11 heteroatoms. The molecule has 1 fully saturated rings. The number of amides is 1. The van der Waals surface area contributed by atoms with Crippen LogP contribution in [0.1, 0.15) is 47.4 Å². The van der Waals surface area contributed by atoms with Crippen molar-refractivity contribution >= 4 is 33.3 Å². The number of hydrogen-bond donors (Lipinski definition) is 2. The lowest BCUT2D eigenvalue weighted by Crippen LogP contribution is -2.44. The number of ketones is 1. The molecule has 2 aliphatic rings. The monoisotopic (exact) mass is 557 g/mol. The van der Waals surface area contributed by atoms with Crippen molar-refractivity contribution in [3.8, 4) is 23.3 Å². The van der Waals surface area contributed by atoms with E-state index in [0.717, 1.165) is 31.5 Å². The Bertz CT molecular complexity index is 1460. The second kappa shape index (κ2) is 11.6. The fourth-order valence-corrected chi connectivity index (χ4v) is 5.31. The summed E-state index contributed by atoms with van der Waals surface area (Å²) >= 11 is 5.89. The number of ether oxygens (including phenoxy) is 2. The third kappa shape index (κ3) is 6.37. The van der Waals surface area contributed by atoms with Crippen LogP contribution in [0.3, 0.4) is 0 Å². The lowest BCUT2D eigenvalue weighted by Gasteiger charge is -2.31. The Morgan fingerprint density at radius 2 is 1.95 bits per heavy atom. The second-order valence-electron chi connectivity index (χ2n) is 9.25. The van der Waals surface area contributed by atoms with Gasteiger partial charge in [0.15, 0.2) is 5.76 Å². The van der Waals surface area contributed by atoms with Crippen molar-refractivity contribution in [2.45, 2.75) is 37.6 Å². The first-order valence-electron chi connectivity index (χ1n) is 12.0. The minimum absolute atomic E-state index is 0.0306. The molecule has 0 aliphatic carbocycles. The fraction of sp³-hybridized carbons (Fsp3) is 0.333. The zero-order valence-electron chi connectivity index (χ0n) is 21.0. The van der Waals surface area contributed by atoms with E-state index in [-0.39, 0.29) is 39.8 Å². The van der Waals surface area contributed by atoms with E-state index in [4.69, 9.17) is 26.2 Å². The molecule has 2 aromatic carbocycles. The molecule has 38 heavy (non-hydrogen) atoms. The third-order valence-electron chi connectivity index (χ3n) is 6.24. The molecule has 200 valence electrons. The summed E-state index contributed by atoms with van der Waals surface area (Å²) in [6, 6.07) is 9.20. The lowest BCUT2D eigenvalue weighted by atomic mass is 10.0. The van der Waals surface area contributed by atoms with Gasteiger partial charge in [-0.3, -0.25) is 14.5 Å². The third-order valence-corrected chi connectivity index (χ3v) is 7.63. The number of carbonyl (C=O) groups excluding carboxylic acids is 2. The first-order valence-corrected chi connectivity index (χ1v) is 13.9. The molecule has 1 amide bonds. The Morgan fingerprint density at radius 3 is 2.63 bits per heavy atom. The van der Waals surface area contributed by atoms with E-state index in [1.165, 1.54) is 18.2 Å². The van der Waals surface area contributed by atoms with Gasteiger partial charge < -0.3 is 14.8 Å². The lowest BCUT2D eigenvalue weighted by molar-refractivity contribution is 0.0913. The van der Waals surface area contributed by atoms with Crippen LogP contribution in [0.5, 0.6) is 11.5 Å². The number of benzene rings is 2. The molecule has 2 aromatic rings. The number of allylic oxidation sites excluding steroid dienone is 2. The summed E-state index contributed by atoms with van der Waals surface area (Å²) in [6.45, 7) is 5.83. The molecule has 4 rings (SSSR count). The van der Waals surface area contributed by atoms with Crippen LogP contribution in [0, 0.1) is 11.8 Å². The standard InChI is InChI=1S/C27H28ClN3O6S/c1-17(2)26-25(32)24-21(6-5-7-22(24)37-26)36-15-4-3-12-31-13-10-19(11-14-31)30-27(33)18-8-9-20(28)23(16-18)38(29,34)35/h5-9,16,19H,10-15H2,1-2H3,(H,30,33)(H2,29,34,35). The second-order valence-corrected chi connectivity index (χ2v) is 11.2. The molecule has 1 saturated heterocycles. The van der Waals surface area contributed by atoms with Crippen LogP contribution in [0.2, 0.25) is 5.02 Å². The number of hydrogen-bond acceptors (Lipinski definition) is 7. The first-order chi connectivity index (χ1) is 18.0. The van der Waals surface area contributed by atoms with Crippen molar-refractivity contribution in [2.75, 3.05) is 26.2 Å². The number of carbonyl (C=O) groups is 2. The number of nitrogens with zero attached hydrogens (tertiary/aromatic N) is 1. The van der Waals surface area contributed by atoms with Gasteiger partial charge >= 0.3 is 0 Å². The Balaban J connectivity index is 1.24. The summed E-state index contributed by atoms with van der Waals surface area (Å²) in [5, 5.41) is 8.08. The van der Waals surface area contributed by atoms with Gasteiger partial charge in [-0.1, -0.05) is 29.5 Å². The number of nitrogens with two attached hydrogens (primary N) is 1. The molecule has 9 nitrogen and oxygen atoms in total. The van der Waals surface area contributed by atoms with Crippen LogP contribution in [0.4, 0.5) is 0 Å². The van der Waals surface area contributed by atoms with Crippen molar-refractivity contribution in [3.05, 3.63) is 63.9 Å². The van der Waals surface area contributed by atoms with Crippen molar-refractivity contribution < 1.29 is 27.5 Å². The Kier molecular flexibility index (Phi) is 8.43. The van der Waals surface area contributed by atoms with Gasteiger partial charge in [0, 0.05) is 24.7 Å². The predicted octanol–water partition coefficient (Wildman–Crippen LogP) is 3.13. The van der Waals surface area contributed by atoms with E-state index in [9.17, 15) is 18.0 Å². The molecular weight excluding hydrogens is 530 g/mol. The van der Waals surface area contributed by atoms with Gasteiger partial charge in [-0.25, -0.2) is 13.6 Å². The molecule has 0 saturated carbocycles. The summed E-state index contributed by atoms with van der Waals surface area (Å²) < 4.78 is 34.7. The molecule has 0 aromatic heterocycles. The van der Waals surface area contributed by atoms with Gasteiger partial charge in [0.25, 0.3) is 5.91 Å². The molecule has 0 radical (unpaired) electrons. The average molecular weight is 558 g/mol.